The number of hydrogen-bond donors (Lipinski definition) is 3. The third-order valence-corrected chi connectivity index (χ3v) is 14.2. The lowest BCUT2D eigenvalue weighted by atomic mass is 9.99. The molecule has 4 aliphatic heterocycles. The fraction of sp³-hybridized carbons (Fsp3) is 0.422. The second kappa shape index (κ2) is 18.6. The summed E-state index contributed by atoms with van der Waals surface area (Å²) in [4.78, 5) is 68.1. The van der Waals surface area contributed by atoms with Crippen molar-refractivity contribution in [3.63, 3.8) is 0 Å². The van der Waals surface area contributed by atoms with Crippen LogP contribution in [0.25, 0.3) is 0 Å². The molecule has 0 aliphatic carbocycles. The lowest BCUT2D eigenvalue weighted by molar-refractivity contribution is -0.137. The number of aromatic nitrogens is 2. The van der Waals surface area contributed by atoms with Crippen molar-refractivity contribution >= 4 is 76.5 Å². The molecule has 332 valence electrons. The molecule has 0 saturated carbocycles. The van der Waals surface area contributed by atoms with Gasteiger partial charge in [-0.1, -0.05) is 36.7 Å². The number of anilines is 5. The molecule has 3 saturated heterocycles. The number of hydrogen-bond acceptors (Lipinski definition) is 13. The molecule has 8 rings (SSSR count). The van der Waals surface area contributed by atoms with Crippen molar-refractivity contribution in [1.29, 1.82) is 0 Å². The monoisotopic (exact) mass is 897 g/mol. The van der Waals surface area contributed by atoms with Crippen LogP contribution < -0.4 is 35.6 Å². The molecule has 1 unspecified atom stereocenters. The van der Waals surface area contributed by atoms with Gasteiger partial charge < -0.3 is 39.4 Å². The maximum atomic E-state index is 13.4. The van der Waals surface area contributed by atoms with Crippen LogP contribution in [0.1, 0.15) is 54.1 Å². The van der Waals surface area contributed by atoms with Crippen molar-refractivity contribution in [3.05, 3.63) is 82.5 Å². The molecule has 16 nitrogen and oxygen atoms in total. The van der Waals surface area contributed by atoms with Crippen LogP contribution in [0.15, 0.2) is 60.8 Å². The first kappa shape index (κ1) is 43.9. The normalized spacial score (nSPS) is 18.6. The third kappa shape index (κ3) is 9.48. The highest BCUT2D eigenvalue weighted by Gasteiger charge is 2.40. The molecule has 5 heterocycles. The quantitative estimate of drug-likeness (QED) is 0.115. The van der Waals surface area contributed by atoms with E-state index in [4.69, 9.17) is 21.1 Å². The van der Waals surface area contributed by atoms with Gasteiger partial charge in [0, 0.05) is 79.9 Å². The van der Waals surface area contributed by atoms with E-state index in [2.05, 4.69) is 54.8 Å². The van der Waals surface area contributed by atoms with Gasteiger partial charge in [-0.25, -0.2) is 4.98 Å². The van der Waals surface area contributed by atoms with Gasteiger partial charge in [0.2, 0.25) is 17.8 Å². The van der Waals surface area contributed by atoms with Crippen LogP contribution in [-0.2, 0) is 31.9 Å². The first-order chi connectivity index (χ1) is 30.3. The Balaban J connectivity index is 0.840. The van der Waals surface area contributed by atoms with Crippen LogP contribution in [0.5, 0.6) is 11.5 Å². The summed E-state index contributed by atoms with van der Waals surface area (Å²) >= 11 is 6.52. The lowest BCUT2D eigenvalue weighted by Crippen LogP contribution is -2.55. The standard InChI is InChI=1S/C45H53ClN9O7P/c1-5-28-23-34(49-45-47-25-32(46)42(51-45)48-33-10-6-7-12-39(33)63(3,4)60)38(61-2)24-36(28)53-17-15-29(16-18-53)52-19-21-54(22-20-52)41(57)27-62-37-11-8-9-30-31(37)26-55(44(30)59)35-13-14-40(56)50-43(35)58/h6-12,23-25,29,35H,5,13-22,26-27H2,1-4H3,(H,50,56,58)(H2,47,48,49,51). The number of piperazine rings is 1. The summed E-state index contributed by atoms with van der Waals surface area (Å²) in [6.07, 6.45) is 4.76. The summed E-state index contributed by atoms with van der Waals surface area (Å²) in [5, 5.41) is 9.95. The maximum absolute atomic E-state index is 13.4. The van der Waals surface area contributed by atoms with Gasteiger partial charge in [-0.3, -0.25) is 29.4 Å². The van der Waals surface area contributed by atoms with Gasteiger partial charge in [0.1, 0.15) is 29.7 Å². The van der Waals surface area contributed by atoms with Gasteiger partial charge in [-0.2, -0.15) is 4.98 Å². The number of carbonyl (C=O) groups is 4. The van der Waals surface area contributed by atoms with Crippen LogP contribution in [0.2, 0.25) is 5.02 Å². The minimum absolute atomic E-state index is 0.112. The molecular weight excluding hydrogens is 845 g/mol. The number of methoxy groups -OCH3 is 1. The second-order valence-electron chi connectivity index (χ2n) is 16.6. The molecule has 63 heavy (non-hydrogen) atoms. The van der Waals surface area contributed by atoms with E-state index in [1.165, 1.54) is 11.1 Å². The molecular formula is C45H53ClN9O7P. The number of imide groups is 1. The Bertz CT molecular complexity index is 2470. The summed E-state index contributed by atoms with van der Waals surface area (Å²) in [6, 6.07) is 16.4. The fourth-order valence-electron chi connectivity index (χ4n) is 9.00. The van der Waals surface area contributed by atoms with Crippen molar-refractivity contribution in [2.75, 3.05) is 81.8 Å². The molecule has 4 aliphatic rings. The predicted molar refractivity (Wildman–Crippen MR) is 243 cm³/mol. The van der Waals surface area contributed by atoms with Crippen molar-refractivity contribution in [3.8, 4) is 11.5 Å². The van der Waals surface area contributed by atoms with Crippen LogP contribution >= 0.6 is 18.7 Å². The molecule has 3 fully saturated rings. The number of amides is 4. The number of piperidine rings is 2. The van der Waals surface area contributed by atoms with Gasteiger partial charge in [-0.15, -0.1) is 0 Å². The Morgan fingerprint density at radius 3 is 2.41 bits per heavy atom. The molecule has 1 atom stereocenters. The Morgan fingerprint density at radius 2 is 1.70 bits per heavy atom. The zero-order valence-electron chi connectivity index (χ0n) is 36.0. The first-order valence-electron chi connectivity index (χ1n) is 21.4. The molecule has 3 N–H and O–H groups in total. The molecule has 1 aromatic heterocycles. The van der Waals surface area contributed by atoms with Gasteiger partial charge in [0.15, 0.2) is 12.4 Å². The topological polar surface area (TPSA) is 179 Å². The highest BCUT2D eigenvalue weighted by molar-refractivity contribution is 7.70. The number of ether oxygens (including phenoxy) is 2. The number of nitrogens with one attached hydrogen (secondary N) is 3. The Morgan fingerprint density at radius 1 is 0.937 bits per heavy atom. The Labute approximate surface area is 372 Å². The second-order valence-corrected chi connectivity index (χ2v) is 20.2. The van der Waals surface area contributed by atoms with Crippen LogP contribution in [0, 0.1) is 0 Å². The molecule has 0 radical (unpaired) electrons. The highest BCUT2D eigenvalue weighted by Crippen LogP contribution is 2.40. The summed E-state index contributed by atoms with van der Waals surface area (Å²) in [5.74, 6) is 0.626. The van der Waals surface area contributed by atoms with E-state index < -0.39 is 19.1 Å². The van der Waals surface area contributed by atoms with Crippen molar-refractivity contribution in [1.82, 2.24) is 30.0 Å². The summed E-state index contributed by atoms with van der Waals surface area (Å²) in [7, 11) is -0.926. The molecule has 3 aromatic carbocycles. The van der Waals surface area contributed by atoms with Gasteiger partial charge >= 0.3 is 0 Å². The number of carbonyl (C=O) groups excluding carboxylic acids is 4. The first-order valence-corrected chi connectivity index (χ1v) is 24.4. The van der Waals surface area contributed by atoms with Crippen molar-refractivity contribution in [2.24, 2.45) is 0 Å². The highest BCUT2D eigenvalue weighted by atomic mass is 35.5. The minimum Gasteiger partial charge on any atom is -0.494 e. The largest absolute Gasteiger partial charge is 0.494 e. The van der Waals surface area contributed by atoms with Crippen molar-refractivity contribution < 1.29 is 33.2 Å². The molecule has 18 heteroatoms. The number of aryl methyl sites for hydroxylation is 1. The Hall–Kier alpha value is -5.70. The number of fused-ring (bicyclic) bond motifs is 1. The van der Waals surface area contributed by atoms with Crippen LogP contribution in [0.3, 0.4) is 0 Å². The van der Waals surface area contributed by atoms with Gasteiger partial charge in [-0.05, 0) is 74.9 Å². The molecule has 0 spiro atoms. The summed E-state index contributed by atoms with van der Waals surface area (Å²) < 4.78 is 24.9. The smallest absolute Gasteiger partial charge is 0.260 e. The SMILES string of the molecule is CCc1cc(Nc2ncc(Cl)c(Nc3ccccc3P(C)(C)=O)n2)c(OC)cc1N1CCC(N2CCN(C(=O)COc3cccc4c3CN(C3CCC(=O)NC3=O)C4=O)CC2)CC1. The van der Waals surface area contributed by atoms with E-state index in [1.807, 2.05) is 29.2 Å². The number of rotatable bonds is 13. The maximum Gasteiger partial charge on any atom is 0.260 e. The average Bonchev–Trinajstić information content (AvgIpc) is 3.62. The van der Waals surface area contributed by atoms with Crippen molar-refractivity contribution in [2.45, 2.75) is 57.7 Å². The molecule has 4 aromatic rings. The predicted octanol–water partition coefficient (Wildman–Crippen LogP) is 5.39. The van der Waals surface area contributed by atoms with E-state index >= 15 is 0 Å². The van der Waals surface area contributed by atoms with Crippen LogP contribution in [0.4, 0.5) is 28.8 Å². The van der Waals surface area contributed by atoms with E-state index in [-0.39, 0.29) is 43.7 Å². The average molecular weight is 898 g/mol. The molecule has 4 amide bonds. The third-order valence-electron chi connectivity index (χ3n) is 12.4. The molecule has 0 bridgehead atoms. The zero-order valence-corrected chi connectivity index (χ0v) is 37.6. The number of benzene rings is 3. The van der Waals surface area contributed by atoms with E-state index in [0.29, 0.717) is 69.5 Å². The lowest BCUT2D eigenvalue weighted by Gasteiger charge is -2.43. The zero-order chi connectivity index (χ0) is 44.4. The van der Waals surface area contributed by atoms with Gasteiger partial charge in [0.25, 0.3) is 11.8 Å². The number of nitrogens with zero attached hydrogens (tertiary/aromatic N) is 6. The van der Waals surface area contributed by atoms with E-state index in [1.54, 1.807) is 38.6 Å². The Kier molecular flexibility index (Phi) is 12.9. The number of halogens is 1. The summed E-state index contributed by atoms with van der Waals surface area (Å²) in [6.45, 7) is 10.1. The number of para-hydroxylation sites is 1. The fourth-order valence-corrected chi connectivity index (χ4v) is 10.3. The minimum atomic E-state index is -2.57. The van der Waals surface area contributed by atoms with E-state index in [9.17, 15) is 23.7 Å². The van der Waals surface area contributed by atoms with Gasteiger partial charge in [0.05, 0.1) is 31.2 Å². The summed E-state index contributed by atoms with van der Waals surface area (Å²) in [5.41, 5.74) is 4.78. The van der Waals surface area contributed by atoms with Crippen LogP contribution in [-0.4, -0.2) is 127 Å². The van der Waals surface area contributed by atoms with E-state index in [0.717, 1.165) is 62.4 Å².